The molecule has 1 aliphatic rings. The third-order valence-electron chi connectivity index (χ3n) is 3.95. The highest BCUT2D eigenvalue weighted by atomic mass is 35.5. The topological polar surface area (TPSA) is 29.3 Å². The van der Waals surface area contributed by atoms with Crippen LogP contribution in [0.3, 0.4) is 0 Å². The van der Waals surface area contributed by atoms with Crippen molar-refractivity contribution in [3.63, 3.8) is 0 Å². The normalized spacial score (nSPS) is 13.5. The van der Waals surface area contributed by atoms with Crippen LogP contribution < -0.4 is 5.32 Å². The first kappa shape index (κ1) is 14.7. The maximum absolute atomic E-state index is 6.04. The van der Waals surface area contributed by atoms with E-state index in [4.69, 9.17) is 11.6 Å². The highest BCUT2D eigenvalue weighted by Crippen LogP contribution is 2.25. The van der Waals surface area contributed by atoms with Crippen LogP contribution in [0.25, 0.3) is 10.9 Å². The van der Waals surface area contributed by atoms with Gasteiger partial charge in [-0.3, -0.25) is 0 Å². The Balaban J connectivity index is 1.43. The molecule has 0 aliphatic carbocycles. The third-order valence-corrected chi connectivity index (χ3v) is 5.08. The first-order valence-corrected chi connectivity index (χ1v) is 8.94. The predicted octanol–water partition coefficient (Wildman–Crippen LogP) is 4.82. The van der Waals surface area contributed by atoms with Crippen molar-refractivity contribution in [1.82, 2.24) is 9.88 Å². The Kier molecular flexibility index (Phi) is 4.02. The molecule has 23 heavy (non-hydrogen) atoms. The van der Waals surface area contributed by atoms with Crippen LogP contribution >= 0.6 is 23.4 Å². The van der Waals surface area contributed by atoms with Gasteiger partial charge in [0.1, 0.15) is 0 Å². The SMILES string of the molecule is Clc1ccc2c(ccn2CCSC2=Nc3ccccc3CN2)c1. The number of thioether (sulfide) groups is 1. The molecule has 2 heterocycles. The quantitative estimate of drug-likeness (QED) is 0.740. The molecule has 2 aromatic carbocycles. The average Bonchev–Trinajstić information content (AvgIpc) is 2.97. The predicted molar refractivity (Wildman–Crippen MR) is 99.8 cm³/mol. The van der Waals surface area contributed by atoms with Crippen molar-refractivity contribution >= 4 is 45.1 Å². The van der Waals surface area contributed by atoms with E-state index in [9.17, 15) is 0 Å². The maximum Gasteiger partial charge on any atom is 0.162 e. The molecule has 0 radical (unpaired) electrons. The van der Waals surface area contributed by atoms with Crippen LogP contribution in [0.2, 0.25) is 5.02 Å². The number of amidine groups is 1. The zero-order valence-electron chi connectivity index (χ0n) is 12.5. The third kappa shape index (κ3) is 3.09. The summed E-state index contributed by atoms with van der Waals surface area (Å²) < 4.78 is 2.26. The van der Waals surface area contributed by atoms with Gasteiger partial charge in [-0.2, -0.15) is 0 Å². The molecular formula is C18H16ClN3S. The van der Waals surface area contributed by atoms with Gasteiger partial charge in [0.2, 0.25) is 0 Å². The summed E-state index contributed by atoms with van der Waals surface area (Å²) in [7, 11) is 0. The molecule has 3 nitrogen and oxygen atoms in total. The molecule has 5 heteroatoms. The van der Waals surface area contributed by atoms with Crippen LogP contribution in [0, 0.1) is 0 Å². The second kappa shape index (κ2) is 6.30. The summed E-state index contributed by atoms with van der Waals surface area (Å²) >= 11 is 7.80. The Labute approximate surface area is 144 Å². The molecule has 4 rings (SSSR count). The van der Waals surface area contributed by atoms with E-state index in [-0.39, 0.29) is 0 Å². The van der Waals surface area contributed by atoms with Crippen molar-refractivity contribution in [2.75, 3.05) is 5.75 Å². The van der Waals surface area contributed by atoms with Crippen LogP contribution in [-0.4, -0.2) is 15.5 Å². The second-order valence-electron chi connectivity index (χ2n) is 5.46. The fourth-order valence-electron chi connectivity index (χ4n) is 2.78. The van der Waals surface area contributed by atoms with E-state index in [0.29, 0.717) is 0 Å². The maximum atomic E-state index is 6.04. The first-order valence-electron chi connectivity index (χ1n) is 7.57. The number of rotatable bonds is 3. The molecule has 1 aromatic heterocycles. The fraction of sp³-hybridized carbons (Fsp3) is 0.167. The lowest BCUT2D eigenvalue weighted by Crippen LogP contribution is -2.23. The van der Waals surface area contributed by atoms with Crippen LogP contribution in [-0.2, 0) is 13.1 Å². The number of hydrogen-bond acceptors (Lipinski definition) is 3. The minimum Gasteiger partial charge on any atom is -0.360 e. The van der Waals surface area contributed by atoms with Gasteiger partial charge in [-0.25, -0.2) is 4.99 Å². The van der Waals surface area contributed by atoms with Crippen molar-refractivity contribution in [1.29, 1.82) is 0 Å². The number of aryl methyl sites for hydroxylation is 1. The molecule has 1 N–H and O–H groups in total. The van der Waals surface area contributed by atoms with Gasteiger partial charge in [-0.1, -0.05) is 41.6 Å². The molecule has 0 unspecified atom stereocenters. The molecule has 1 aliphatic heterocycles. The van der Waals surface area contributed by atoms with Crippen LogP contribution in [0.4, 0.5) is 5.69 Å². The number of hydrogen-bond donors (Lipinski definition) is 1. The van der Waals surface area contributed by atoms with Gasteiger partial charge < -0.3 is 9.88 Å². The van der Waals surface area contributed by atoms with E-state index in [1.165, 1.54) is 16.5 Å². The number of benzene rings is 2. The molecule has 0 fully saturated rings. The number of aliphatic imine (C=N–C) groups is 1. The van der Waals surface area contributed by atoms with Gasteiger partial charge in [0, 0.05) is 41.0 Å². The molecular weight excluding hydrogens is 326 g/mol. The van der Waals surface area contributed by atoms with Gasteiger partial charge in [0.15, 0.2) is 5.17 Å². The Morgan fingerprint density at radius 1 is 1.17 bits per heavy atom. The van der Waals surface area contributed by atoms with Crippen LogP contribution in [0.5, 0.6) is 0 Å². The number of nitrogens with zero attached hydrogens (tertiary/aromatic N) is 2. The largest absolute Gasteiger partial charge is 0.360 e. The lowest BCUT2D eigenvalue weighted by molar-refractivity contribution is 0.808. The van der Waals surface area contributed by atoms with E-state index in [1.807, 2.05) is 18.2 Å². The summed E-state index contributed by atoms with van der Waals surface area (Å²) in [6.45, 7) is 1.80. The van der Waals surface area contributed by atoms with E-state index in [2.05, 4.69) is 51.4 Å². The molecule has 116 valence electrons. The zero-order valence-corrected chi connectivity index (χ0v) is 14.1. The van der Waals surface area contributed by atoms with Gasteiger partial charge in [0.05, 0.1) is 5.69 Å². The highest BCUT2D eigenvalue weighted by Gasteiger charge is 2.10. The van der Waals surface area contributed by atoms with E-state index in [1.54, 1.807) is 11.8 Å². The molecule has 0 saturated carbocycles. The number of fused-ring (bicyclic) bond motifs is 2. The molecule has 0 spiro atoms. The van der Waals surface area contributed by atoms with Crippen LogP contribution in [0.15, 0.2) is 59.7 Å². The lowest BCUT2D eigenvalue weighted by Gasteiger charge is -2.17. The Morgan fingerprint density at radius 2 is 2.09 bits per heavy atom. The summed E-state index contributed by atoms with van der Waals surface area (Å²) in [6.07, 6.45) is 2.12. The summed E-state index contributed by atoms with van der Waals surface area (Å²) in [4.78, 5) is 4.68. The van der Waals surface area contributed by atoms with Crippen molar-refractivity contribution in [3.8, 4) is 0 Å². The van der Waals surface area contributed by atoms with E-state index in [0.717, 1.165) is 34.7 Å². The highest BCUT2D eigenvalue weighted by molar-refractivity contribution is 8.13. The zero-order chi connectivity index (χ0) is 15.6. The minimum atomic E-state index is 0.782. The van der Waals surface area contributed by atoms with E-state index >= 15 is 0 Å². The summed E-state index contributed by atoms with van der Waals surface area (Å²) in [5, 5.41) is 6.36. The number of nitrogens with one attached hydrogen (secondary N) is 1. The number of halogens is 1. The summed E-state index contributed by atoms with van der Waals surface area (Å²) in [5.41, 5.74) is 3.55. The standard InChI is InChI=1S/C18H16ClN3S/c19-15-5-6-17-13(11-15)7-8-22(17)9-10-23-18-20-12-14-3-1-2-4-16(14)21-18/h1-8,11H,9-10,12H2,(H,20,21). The van der Waals surface area contributed by atoms with E-state index < -0.39 is 0 Å². The van der Waals surface area contributed by atoms with Gasteiger partial charge >= 0.3 is 0 Å². The van der Waals surface area contributed by atoms with Crippen molar-refractivity contribution in [2.45, 2.75) is 13.1 Å². The monoisotopic (exact) mass is 341 g/mol. The molecule has 0 amide bonds. The lowest BCUT2D eigenvalue weighted by atomic mass is 10.1. The van der Waals surface area contributed by atoms with Gasteiger partial charge in [-0.15, -0.1) is 0 Å². The molecule has 0 atom stereocenters. The smallest absolute Gasteiger partial charge is 0.162 e. The number of para-hydroxylation sites is 1. The Hall–Kier alpha value is -1.91. The van der Waals surface area contributed by atoms with Crippen molar-refractivity contribution in [2.24, 2.45) is 4.99 Å². The summed E-state index contributed by atoms with van der Waals surface area (Å²) in [6, 6.07) is 16.4. The van der Waals surface area contributed by atoms with Crippen molar-refractivity contribution in [3.05, 3.63) is 65.3 Å². The van der Waals surface area contributed by atoms with Crippen LogP contribution in [0.1, 0.15) is 5.56 Å². The summed E-state index contributed by atoms with van der Waals surface area (Å²) in [5.74, 6) is 0.973. The van der Waals surface area contributed by atoms with Crippen molar-refractivity contribution < 1.29 is 0 Å². The van der Waals surface area contributed by atoms with Gasteiger partial charge in [-0.05, 0) is 35.9 Å². The average molecular weight is 342 g/mol. The molecule has 0 bridgehead atoms. The second-order valence-corrected chi connectivity index (χ2v) is 6.98. The van der Waals surface area contributed by atoms with Gasteiger partial charge in [0.25, 0.3) is 0 Å². The first-order chi connectivity index (χ1) is 11.3. The Morgan fingerprint density at radius 3 is 3.04 bits per heavy atom. The minimum absolute atomic E-state index is 0.782. The Bertz CT molecular complexity index is 885. The molecule has 0 saturated heterocycles. The fourth-order valence-corrected chi connectivity index (χ4v) is 3.78. The molecule has 3 aromatic rings. The number of aromatic nitrogens is 1.